The van der Waals surface area contributed by atoms with E-state index in [-0.39, 0.29) is 34.1 Å². The van der Waals surface area contributed by atoms with E-state index in [0.29, 0.717) is 36.9 Å². The minimum absolute atomic E-state index is 0.0671. The largest absolute Gasteiger partial charge is 0.416 e. The Balaban J connectivity index is 1.70. The lowest BCUT2D eigenvalue weighted by atomic mass is 10.0. The van der Waals surface area contributed by atoms with Gasteiger partial charge >= 0.3 is 6.18 Å². The van der Waals surface area contributed by atoms with Gasteiger partial charge in [0.1, 0.15) is 0 Å². The standard InChI is InChI=1S/C27H29Cl2F3N6O3S/c28-20-10-11-23(22(29)16-20)38-25(18-6-8-19(9-7-18)27(30,31)32)21(17-37(42(40)41)36-14-4-5-15-36)24(33-38)26(39)34-35-12-2-1-3-13-35/h6-11,16,42H,1-5,12-15,17H2,(H,34,39). The molecule has 1 amide bonds. The molecule has 2 fully saturated rings. The zero-order valence-electron chi connectivity index (χ0n) is 22.4. The fourth-order valence-corrected chi connectivity index (χ4v) is 6.39. The van der Waals surface area contributed by atoms with Crippen molar-refractivity contribution in [1.29, 1.82) is 0 Å². The smallest absolute Gasteiger partial charge is 0.283 e. The first-order valence-electron chi connectivity index (χ1n) is 13.5. The maximum atomic E-state index is 13.7. The van der Waals surface area contributed by atoms with E-state index in [9.17, 15) is 26.4 Å². The van der Waals surface area contributed by atoms with Crippen molar-refractivity contribution in [2.75, 3.05) is 26.2 Å². The highest BCUT2D eigenvalue weighted by Crippen LogP contribution is 2.36. The van der Waals surface area contributed by atoms with Crippen LogP contribution in [0.1, 0.15) is 53.7 Å². The van der Waals surface area contributed by atoms with Gasteiger partial charge in [0.2, 0.25) is 10.9 Å². The number of thiol groups is 1. The maximum Gasteiger partial charge on any atom is 0.416 e. The number of amides is 1. The molecule has 0 unspecified atom stereocenters. The molecular weight excluding hydrogens is 616 g/mol. The topological polar surface area (TPSA) is 90.8 Å². The van der Waals surface area contributed by atoms with E-state index in [1.54, 1.807) is 22.2 Å². The number of carbonyl (C=O) groups excluding carboxylic acids is 1. The monoisotopic (exact) mass is 644 g/mol. The van der Waals surface area contributed by atoms with Gasteiger partial charge in [0, 0.05) is 42.3 Å². The van der Waals surface area contributed by atoms with Crippen LogP contribution in [0.2, 0.25) is 10.0 Å². The molecule has 3 heterocycles. The van der Waals surface area contributed by atoms with Gasteiger partial charge in [-0.2, -0.15) is 18.3 Å². The summed E-state index contributed by atoms with van der Waals surface area (Å²) in [6, 6.07) is 9.03. The van der Waals surface area contributed by atoms with Crippen molar-refractivity contribution in [3.8, 4) is 16.9 Å². The lowest BCUT2D eigenvalue weighted by Crippen LogP contribution is -2.45. The number of hydrogen-bond donors (Lipinski definition) is 2. The molecule has 1 aromatic heterocycles. The molecule has 2 saturated heterocycles. The Hall–Kier alpha value is -2.68. The summed E-state index contributed by atoms with van der Waals surface area (Å²) in [7, 11) is -3.12. The van der Waals surface area contributed by atoms with Crippen molar-refractivity contribution < 1.29 is 26.4 Å². The van der Waals surface area contributed by atoms with Crippen LogP contribution in [0.5, 0.6) is 0 Å². The zero-order chi connectivity index (χ0) is 30.0. The van der Waals surface area contributed by atoms with Crippen molar-refractivity contribution in [3.63, 3.8) is 0 Å². The summed E-state index contributed by atoms with van der Waals surface area (Å²) in [5, 5.41) is 8.60. The molecule has 2 aromatic carbocycles. The van der Waals surface area contributed by atoms with Crippen LogP contribution in [0.4, 0.5) is 13.2 Å². The number of rotatable bonds is 8. The first-order valence-corrected chi connectivity index (χ1v) is 15.4. The van der Waals surface area contributed by atoms with Gasteiger partial charge in [0.15, 0.2) is 5.69 Å². The van der Waals surface area contributed by atoms with E-state index < -0.39 is 28.5 Å². The Labute approximate surface area is 252 Å². The Morgan fingerprint density at radius 1 is 0.952 bits per heavy atom. The fourth-order valence-electron chi connectivity index (χ4n) is 5.26. The van der Waals surface area contributed by atoms with Crippen molar-refractivity contribution in [2.45, 2.75) is 44.8 Å². The summed E-state index contributed by atoms with van der Waals surface area (Å²) in [5.41, 5.74) is 3.01. The molecule has 226 valence electrons. The van der Waals surface area contributed by atoms with E-state index >= 15 is 0 Å². The van der Waals surface area contributed by atoms with Gasteiger partial charge in [-0.25, -0.2) is 23.1 Å². The van der Waals surface area contributed by atoms with Crippen molar-refractivity contribution in [2.24, 2.45) is 0 Å². The third-order valence-corrected chi connectivity index (χ3v) is 8.64. The van der Waals surface area contributed by atoms with Crippen LogP contribution in [0.15, 0.2) is 42.5 Å². The molecule has 2 aliphatic rings. The van der Waals surface area contributed by atoms with E-state index in [2.05, 4.69) is 10.5 Å². The van der Waals surface area contributed by atoms with Gasteiger partial charge in [-0.1, -0.05) is 41.8 Å². The van der Waals surface area contributed by atoms with E-state index in [1.165, 1.54) is 27.3 Å². The molecule has 2 aliphatic heterocycles. The summed E-state index contributed by atoms with van der Waals surface area (Å²) in [4.78, 5) is 13.7. The number of carbonyl (C=O) groups is 1. The first kappa shape index (κ1) is 30.8. The lowest BCUT2D eigenvalue weighted by Gasteiger charge is -2.27. The molecule has 15 heteroatoms. The van der Waals surface area contributed by atoms with Crippen LogP contribution >= 0.6 is 23.2 Å². The molecule has 3 aromatic rings. The average Bonchev–Trinajstić information content (AvgIpc) is 3.60. The summed E-state index contributed by atoms with van der Waals surface area (Å²) in [5.74, 6) is -0.564. The number of nitrogens with one attached hydrogen (secondary N) is 1. The molecular formula is C27H29Cl2F3N6O3S. The van der Waals surface area contributed by atoms with Crippen LogP contribution in [-0.2, 0) is 23.6 Å². The highest BCUT2D eigenvalue weighted by molar-refractivity contribution is 7.69. The summed E-state index contributed by atoms with van der Waals surface area (Å²) in [6.45, 7) is 2.03. The maximum absolute atomic E-state index is 13.7. The second-order valence-corrected chi connectivity index (χ2v) is 12.0. The summed E-state index contributed by atoms with van der Waals surface area (Å²) < 4.78 is 67.8. The third kappa shape index (κ3) is 6.76. The van der Waals surface area contributed by atoms with Gasteiger partial charge in [-0.15, -0.1) is 4.41 Å². The highest BCUT2D eigenvalue weighted by Gasteiger charge is 2.33. The summed E-state index contributed by atoms with van der Waals surface area (Å²) in [6.07, 6.45) is -0.119. The van der Waals surface area contributed by atoms with Gasteiger partial charge in [-0.3, -0.25) is 10.2 Å². The second kappa shape index (κ2) is 12.9. The predicted molar refractivity (Wildman–Crippen MR) is 154 cm³/mol. The Morgan fingerprint density at radius 2 is 1.60 bits per heavy atom. The van der Waals surface area contributed by atoms with Crippen molar-refractivity contribution >= 4 is 40.0 Å². The molecule has 0 aliphatic carbocycles. The first-order chi connectivity index (χ1) is 20.0. The number of piperidine rings is 1. The molecule has 0 radical (unpaired) electrons. The fraction of sp³-hybridized carbons (Fsp3) is 0.407. The minimum atomic E-state index is -4.56. The quantitative estimate of drug-likeness (QED) is 0.322. The predicted octanol–water partition coefficient (Wildman–Crippen LogP) is 5.33. The number of hydrogen-bond acceptors (Lipinski definition) is 6. The van der Waals surface area contributed by atoms with Crippen LogP contribution in [-0.4, -0.2) is 64.7 Å². The lowest BCUT2D eigenvalue weighted by molar-refractivity contribution is -0.137. The number of benzene rings is 2. The Bertz CT molecular complexity index is 1510. The number of alkyl halides is 3. The summed E-state index contributed by atoms with van der Waals surface area (Å²) >= 11 is 12.7. The molecule has 9 nitrogen and oxygen atoms in total. The molecule has 0 spiro atoms. The van der Waals surface area contributed by atoms with Crippen molar-refractivity contribution in [3.05, 3.63) is 69.3 Å². The van der Waals surface area contributed by atoms with E-state index in [0.717, 1.165) is 44.2 Å². The molecule has 0 atom stereocenters. The van der Waals surface area contributed by atoms with E-state index in [1.807, 2.05) is 0 Å². The van der Waals surface area contributed by atoms with Gasteiger partial charge in [0.05, 0.1) is 28.5 Å². The highest BCUT2D eigenvalue weighted by atomic mass is 35.5. The van der Waals surface area contributed by atoms with Crippen LogP contribution < -0.4 is 5.43 Å². The second-order valence-electron chi connectivity index (χ2n) is 10.2. The van der Waals surface area contributed by atoms with Gasteiger partial charge < -0.3 is 0 Å². The van der Waals surface area contributed by atoms with Crippen LogP contribution in [0, 0.1) is 0 Å². The average molecular weight is 646 g/mol. The zero-order valence-corrected chi connectivity index (χ0v) is 24.8. The minimum Gasteiger partial charge on any atom is -0.283 e. The van der Waals surface area contributed by atoms with Crippen LogP contribution in [0.3, 0.4) is 0 Å². The normalized spacial score (nSPS) is 16.9. The number of hydrazine groups is 2. The van der Waals surface area contributed by atoms with E-state index in [4.69, 9.17) is 23.2 Å². The Morgan fingerprint density at radius 3 is 2.19 bits per heavy atom. The number of aromatic nitrogens is 2. The number of halogens is 5. The SMILES string of the molecule is O=C(NN1CCCCC1)c1nn(-c2ccc(Cl)cc2Cl)c(-c2ccc(C(F)(F)F)cc2)c1CN(N1CCCC1)[SH](=O)=O. The van der Waals surface area contributed by atoms with Gasteiger partial charge in [-0.05, 0) is 56.0 Å². The molecule has 0 saturated carbocycles. The van der Waals surface area contributed by atoms with Crippen molar-refractivity contribution in [1.82, 2.24) is 29.6 Å². The van der Waals surface area contributed by atoms with Crippen LogP contribution in [0.25, 0.3) is 16.9 Å². The molecule has 1 N–H and O–H groups in total. The molecule has 0 bridgehead atoms. The Kier molecular flexibility index (Phi) is 9.45. The number of nitrogens with zero attached hydrogens (tertiary/aromatic N) is 5. The molecule has 5 rings (SSSR count). The third-order valence-electron chi connectivity index (χ3n) is 7.33. The molecule has 42 heavy (non-hydrogen) atoms. The van der Waals surface area contributed by atoms with Gasteiger partial charge in [0.25, 0.3) is 5.91 Å².